The lowest BCUT2D eigenvalue weighted by Crippen LogP contribution is -2.70. The molecule has 0 saturated carbocycles. The van der Waals surface area contributed by atoms with Gasteiger partial charge in [-0.05, 0) is 90.5 Å². The number of hydrogen-bond donors (Lipinski definition) is 4. The van der Waals surface area contributed by atoms with E-state index in [-0.39, 0.29) is 52.3 Å². The van der Waals surface area contributed by atoms with Crippen LogP contribution in [0.25, 0.3) is 22.6 Å². The average Bonchev–Trinajstić information content (AvgIpc) is 3.21. The van der Waals surface area contributed by atoms with E-state index in [0.29, 0.717) is 23.4 Å². The lowest BCUT2D eigenvalue weighted by Gasteiger charge is -2.49. The molecular formula is C41H41N7O8S2. The molecule has 15 nitrogen and oxygen atoms in total. The number of carbonyl (C=O) groups excluding carboxylic acids is 3. The van der Waals surface area contributed by atoms with Crippen LogP contribution in [0.2, 0.25) is 0 Å². The van der Waals surface area contributed by atoms with Crippen molar-refractivity contribution < 1.29 is 33.8 Å². The molecule has 2 unspecified atom stereocenters. The monoisotopic (exact) mass is 823 g/mol. The highest BCUT2D eigenvalue weighted by Gasteiger charge is 2.53. The van der Waals surface area contributed by atoms with Crippen LogP contribution in [-0.4, -0.2) is 87.3 Å². The number of carboxylic acids is 1. The molecule has 4 N–H and O–H groups in total. The van der Waals surface area contributed by atoms with E-state index in [4.69, 9.17) is 4.42 Å². The second kappa shape index (κ2) is 18.4. The van der Waals surface area contributed by atoms with Gasteiger partial charge in [-0.25, -0.2) is 9.78 Å². The van der Waals surface area contributed by atoms with E-state index < -0.39 is 35.1 Å². The minimum Gasteiger partial charge on any atom is -0.507 e. The van der Waals surface area contributed by atoms with Crippen LogP contribution < -0.4 is 21.0 Å². The van der Waals surface area contributed by atoms with Gasteiger partial charge in [0.1, 0.15) is 39.6 Å². The number of fused-ring (bicyclic) bond motifs is 3. The quantitative estimate of drug-likeness (QED) is 0.0458. The Bertz CT molecular complexity index is 2430. The van der Waals surface area contributed by atoms with Crippen LogP contribution in [0.15, 0.2) is 114 Å². The van der Waals surface area contributed by atoms with Gasteiger partial charge < -0.3 is 30.2 Å². The fourth-order valence-electron chi connectivity index (χ4n) is 6.17. The summed E-state index contributed by atoms with van der Waals surface area (Å²) >= 11 is 3.21. The van der Waals surface area contributed by atoms with Crippen molar-refractivity contribution in [3.63, 3.8) is 0 Å². The number of azo groups is 1. The molecule has 300 valence electrons. The fraction of sp³-hybridized carbons (Fsp3) is 0.268. The molecule has 1 saturated heterocycles. The molecule has 3 aliphatic heterocycles. The van der Waals surface area contributed by atoms with Crippen LogP contribution in [0.1, 0.15) is 37.0 Å². The fourth-order valence-corrected chi connectivity index (χ4v) is 8.28. The molecule has 0 spiro atoms. The second-order valence-electron chi connectivity index (χ2n) is 13.3. The van der Waals surface area contributed by atoms with E-state index in [1.54, 1.807) is 0 Å². The van der Waals surface area contributed by atoms with Gasteiger partial charge in [-0.15, -0.1) is 23.5 Å². The lowest BCUT2D eigenvalue weighted by molar-refractivity contribution is -0.150. The molecule has 3 heterocycles. The number of aromatic nitrogens is 1. The van der Waals surface area contributed by atoms with Crippen molar-refractivity contribution in [2.75, 3.05) is 37.0 Å². The first-order chi connectivity index (χ1) is 27.9. The van der Waals surface area contributed by atoms with Crippen molar-refractivity contribution in [1.82, 2.24) is 20.5 Å². The Morgan fingerprint density at radius 3 is 2.31 bits per heavy atom. The summed E-state index contributed by atoms with van der Waals surface area (Å²) in [5, 5.41) is 33.0. The highest BCUT2D eigenvalue weighted by molar-refractivity contribution is 8.00. The van der Waals surface area contributed by atoms with Crippen LogP contribution in [0.5, 0.6) is 5.75 Å². The summed E-state index contributed by atoms with van der Waals surface area (Å²) in [5.41, 5.74) is 3.71. The maximum atomic E-state index is 12.9. The van der Waals surface area contributed by atoms with Gasteiger partial charge in [0.2, 0.25) is 5.91 Å². The number of phenols is 1. The number of β-lactam (4-membered cyclic amide) rings is 1. The van der Waals surface area contributed by atoms with Crippen molar-refractivity contribution in [1.29, 1.82) is 0 Å². The molecule has 3 amide bonds. The first-order valence-electron chi connectivity index (χ1n) is 18.3. The molecule has 3 aromatic rings. The molecule has 2 atom stereocenters. The summed E-state index contributed by atoms with van der Waals surface area (Å²) in [5.74, 6) is -1.58. The molecule has 7 rings (SSSR count). The standard InChI is InChI=1S/C25H22N4O8S.C16H19N3S/c1-2-11-10-38-24-19(23(34)29(24)20(11)25(35)36)28-17(32)7-8-26-22(33)18-15(31)6-5-14-21(18)37-16-9-12(30)3-4-13(16)27-14;1-4-20-16-11-7-14(8-12-16)18-17-13-5-9-15(10-6-13)19(2)3/h3-6,9,19,24,31H,2,7-8,10H2,1H3,(H,26,33)(H,28,32)(H,35,36);5-12H,4H2,1-3H3. The van der Waals surface area contributed by atoms with Crippen molar-refractivity contribution >= 4 is 75.4 Å². The van der Waals surface area contributed by atoms with E-state index in [1.807, 2.05) is 69.2 Å². The van der Waals surface area contributed by atoms with Gasteiger partial charge in [0.15, 0.2) is 16.8 Å². The van der Waals surface area contributed by atoms with Crippen molar-refractivity contribution in [3.05, 3.63) is 106 Å². The number of nitrogens with zero attached hydrogens (tertiary/aromatic N) is 5. The number of phenolic OH excluding ortho intramolecular Hbond substituents is 1. The van der Waals surface area contributed by atoms with Crippen LogP contribution >= 0.6 is 23.5 Å². The Hall–Kier alpha value is -6.20. The lowest BCUT2D eigenvalue weighted by atomic mass is 10.0. The summed E-state index contributed by atoms with van der Waals surface area (Å²) in [6, 6.07) is 22.1. The largest absolute Gasteiger partial charge is 0.507 e. The number of carboxylic acid groups (broad SMARTS) is 1. The zero-order valence-electron chi connectivity index (χ0n) is 32.1. The van der Waals surface area contributed by atoms with E-state index in [2.05, 4.69) is 49.8 Å². The maximum Gasteiger partial charge on any atom is 0.352 e. The number of hydrogen-bond acceptors (Lipinski definition) is 13. The number of aromatic hydroxyl groups is 1. The molecule has 17 heteroatoms. The van der Waals surface area contributed by atoms with Gasteiger partial charge in [-0.3, -0.25) is 24.1 Å². The SMILES string of the molecule is CCC1=C(C(=O)O)N2C(=O)C(NC(=O)CCNC(=O)c3c(O)ccc4nc5ccc(=O)cc-5oc34)C2SC1.CCSc1ccc(N=Nc2ccc(N(C)C)cc2)cc1. The first kappa shape index (κ1) is 41.4. The summed E-state index contributed by atoms with van der Waals surface area (Å²) in [6.07, 6.45) is 0.339. The molecule has 0 bridgehead atoms. The number of rotatable bonds is 12. The highest BCUT2D eigenvalue weighted by Crippen LogP contribution is 2.41. The molecule has 0 radical (unpaired) electrons. The minimum absolute atomic E-state index is 0.0201. The molecule has 1 fully saturated rings. The Labute approximate surface area is 342 Å². The minimum atomic E-state index is -1.17. The predicted molar refractivity (Wildman–Crippen MR) is 223 cm³/mol. The Balaban J connectivity index is 0.000000239. The molecule has 3 aromatic carbocycles. The number of benzene rings is 4. The first-order valence-corrected chi connectivity index (χ1v) is 20.4. The molecule has 0 aromatic heterocycles. The normalized spacial score (nSPS) is 16.1. The van der Waals surface area contributed by atoms with Crippen molar-refractivity contribution in [3.8, 4) is 17.2 Å². The average molecular weight is 824 g/mol. The van der Waals surface area contributed by atoms with E-state index in [9.17, 15) is 34.2 Å². The molecule has 1 aliphatic carbocycles. The molecule has 58 heavy (non-hydrogen) atoms. The third-order valence-electron chi connectivity index (χ3n) is 9.15. The van der Waals surface area contributed by atoms with Gasteiger partial charge in [-0.2, -0.15) is 10.2 Å². The van der Waals surface area contributed by atoms with Gasteiger partial charge in [0, 0.05) is 49.5 Å². The van der Waals surface area contributed by atoms with Crippen LogP contribution in [0.3, 0.4) is 0 Å². The topological polar surface area (TPSA) is 207 Å². The Kier molecular flexibility index (Phi) is 13.1. The zero-order valence-corrected chi connectivity index (χ0v) is 33.7. The predicted octanol–water partition coefficient (Wildman–Crippen LogP) is 6.55. The van der Waals surface area contributed by atoms with Gasteiger partial charge in [-0.1, -0.05) is 13.8 Å². The Morgan fingerprint density at radius 2 is 1.67 bits per heavy atom. The number of carbonyl (C=O) groups is 4. The van der Waals surface area contributed by atoms with Gasteiger partial charge in [0.25, 0.3) is 11.8 Å². The van der Waals surface area contributed by atoms with Crippen LogP contribution in [0.4, 0.5) is 17.1 Å². The molecular weight excluding hydrogens is 783 g/mol. The van der Waals surface area contributed by atoms with Gasteiger partial charge in [0.05, 0.1) is 11.4 Å². The maximum absolute atomic E-state index is 12.9. The number of thioether (sulfide) groups is 2. The third-order valence-corrected chi connectivity index (χ3v) is 11.4. The van der Waals surface area contributed by atoms with Crippen molar-refractivity contribution in [2.24, 2.45) is 10.2 Å². The van der Waals surface area contributed by atoms with Crippen LogP contribution in [-0.2, 0) is 14.4 Å². The van der Waals surface area contributed by atoms with Gasteiger partial charge >= 0.3 is 5.97 Å². The van der Waals surface area contributed by atoms with E-state index >= 15 is 0 Å². The number of aliphatic carboxylic acids is 1. The zero-order chi connectivity index (χ0) is 41.5. The van der Waals surface area contributed by atoms with E-state index in [0.717, 1.165) is 22.8 Å². The highest BCUT2D eigenvalue weighted by atomic mass is 32.2. The van der Waals surface area contributed by atoms with E-state index in [1.165, 1.54) is 51.9 Å². The Morgan fingerprint density at radius 1 is 0.983 bits per heavy atom. The number of anilines is 1. The second-order valence-corrected chi connectivity index (χ2v) is 15.7. The summed E-state index contributed by atoms with van der Waals surface area (Å²) in [7, 11) is 4.04. The summed E-state index contributed by atoms with van der Waals surface area (Å²) in [4.78, 5) is 70.2. The smallest absolute Gasteiger partial charge is 0.352 e. The van der Waals surface area contributed by atoms with Crippen molar-refractivity contribution in [2.45, 2.75) is 43.0 Å². The molecule has 4 aliphatic rings. The van der Waals surface area contributed by atoms with Crippen LogP contribution in [0, 0.1) is 0 Å². The number of nitrogens with one attached hydrogen (secondary N) is 2. The number of amides is 3. The summed E-state index contributed by atoms with van der Waals surface area (Å²) < 4.78 is 5.71. The third kappa shape index (κ3) is 9.32. The summed E-state index contributed by atoms with van der Waals surface area (Å²) in [6.45, 7) is 3.86.